The van der Waals surface area contributed by atoms with Crippen LogP contribution >= 0.6 is 0 Å². The molecule has 0 bridgehead atoms. The molecule has 2 aliphatic heterocycles. The van der Waals surface area contributed by atoms with Crippen molar-refractivity contribution in [3.05, 3.63) is 29.8 Å². The van der Waals surface area contributed by atoms with Gasteiger partial charge in [-0.05, 0) is 51.8 Å². The van der Waals surface area contributed by atoms with Gasteiger partial charge in [-0.25, -0.2) is 4.79 Å². The molecule has 7 heteroatoms. The first kappa shape index (κ1) is 20.8. The largest absolute Gasteiger partial charge is 0.425 e. The third-order valence-electron chi connectivity index (χ3n) is 5.60. The molecule has 1 amide bonds. The summed E-state index contributed by atoms with van der Waals surface area (Å²) in [6, 6.07) is 6.10. The highest BCUT2D eigenvalue weighted by Crippen LogP contribution is 2.26. The number of hydrogen-bond donors (Lipinski definition) is 1. The molecule has 0 aliphatic carbocycles. The van der Waals surface area contributed by atoms with Crippen LogP contribution in [-0.4, -0.2) is 58.6 Å². The summed E-state index contributed by atoms with van der Waals surface area (Å²) in [6.07, 6.45) is 0.478. The molecule has 1 N–H and O–H groups in total. The Balaban J connectivity index is 1.59. The lowest BCUT2D eigenvalue weighted by Gasteiger charge is -2.31. The Labute approximate surface area is 165 Å². The maximum Gasteiger partial charge on any atom is 0.334 e. The average molecular weight is 391 g/mol. The summed E-state index contributed by atoms with van der Waals surface area (Å²) in [4.78, 5) is 26.2. The lowest BCUT2D eigenvalue weighted by Crippen LogP contribution is -2.49. The van der Waals surface area contributed by atoms with Crippen LogP contribution in [0.25, 0.3) is 0 Å². The van der Waals surface area contributed by atoms with Crippen LogP contribution in [0.15, 0.2) is 24.3 Å². The number of benzene rings is 1. The van der Waals surface area contributed by atoms with E-state index in [1.165, 1.54) is 4.90 Å². The van der Waals surface area contributed by atoms with Gasteiger partial charge in [-0.3, -0.25) is 4.79 Å². The third-order valence-corrected chi connectivity index (χ3v) is 5.60. The SMILES string of the molecule is CC(O)C(C)N1C(=O)CCC1C(=O)Oc1ccc(CC2OC(C)C(C)O2)cc1. The van der Waals surface area contributed by atoms with E-state index in [1.54, 1.807) is 26.0 Å². The van der Waals surface area contributed by atoms with Crippen LogP contribution in [-0.2, 0) is 25.5 Å². The fourth-order valence-electron chi connectivity index (χ4n) is 3.58. The van der Waals surface area contributed by atoms with Crippen LogP contribution in [0, 0.1) is 0 Å². The number of likely N-dealkylation sites (tertiary alicyclic amines) is 1. The molecule has 2 saturated heterocycles. The number of aliphatic hydroxyl groups is 1. The molecule has 7 nitrogen and oxygen atoms in total. The number of rotatable bonds is 6. The van der Waals surface area contributed by atoms with E-state index in [-0.39, 0.29) is 30.8 Å². The Morgan fingerprint density at radius 2 is 1.82 bits per heavy atom. The summed E-state index contributed by atoms with van der Waals surface area (Å²) in [7, 11) is 0. The maximum absolute atomic E-state index is 12.6. The number of esters is 1. The molecular weight excluding hydrogens is 362 g/mol. The van der Waals surface area contributed by atoms with Crippen molar-refractivity contribution in [2.75, 3.05) is 0 Å². The maximum atomic E-state index is 12.6. The van der Waals surface area contributed by atoms with Crippen LogP contribution in [0.5, 0.6) is 5.75 Å². The summed E-state index contributed by atoms with van der Waals surface area (Å²) in [5.41, 5.74) is 1.02. The zero-order valence-electron chi connectivity index (χ0n) is 16.8. The first-order chi connectivity index (χ1) is 13.3. The summed E-state index contributed by atoms with van der Waals surface area (Å²) in [5.74, 6) is -0.185. The van der Waals surface area contributed by atoms with E-state index in [1.807, 2.05) is 26.0 Å². The summed E-state index contributed by atoms with van der Waals surface area (Å²) in [6.45, 7) is 7.32. The van der Waals surface area contributed by atoms with E-state index in [0.29, 0.717) is 18.6 Å². The van der Waals surface area contributed by atoms with Crippen molar-refractivity contribution in [3.63, 3.8) is 0 Å². The first-order valence-corrected chi connectivity index (χ1v) is 9.87. The van der Waals surface area contributed by atoms with E-state index in [2.05, 4.69) is 0 Å². The van der Waals surface area contributed by atoms with E-state index in [4.69, 9.17) is 14.2 Å². The molecule has 0 saturated carbocycles. The molecular formula is C21H29NO6. The molecule has 28 heavy (non-hydrogen) atoms. The van der Waals surface area contributed by atoms with Crippen LogP contribution in [0.3, 0.4) is 0 Å². The van der Waals surface area contributed by atoms with Crippen molar-refractivity contribution in [1.82, 2.24) is 4.90 Å². The fraction of sp³-hybridized carbons (Fsp3) is 0.619. The van der Waals surface area contributed by atoms with Gasteiger partial charge in [0.05, 0.1) is 24.4 Å². The number of amides is 1. The Morgan fingerprint density at radius 1 is 1.21 bits per heavy atom. The van der Waals surface area contributed by atoms with E-state index >= 15 is 0 Å². The van der Waals surface area contributed by atoms with Gasteiger partial charge < -0.3 is 24.2 Å². The van der Waals surface area contributed by atoms with Crippen molar-refractivity contribution in [2.45, 2.75) is 83.6 Å². The molecule has 1 aromatic carbocycles. The van der Waals surface area contributed by atoms with Crippen LogP contribution in [0.1, 0.15) is 46.1 Å². The minimum Gasteiger partial charge on any atom is -0.425 e. The molecule has 154 valence electrons. The zero-order valence-corrected chi connectivity index (χ0v) is 16.8. The Hall–Kier alpha value is -1.96. The van der Waals surface area contributed by atoms with Crippen LogP contribution < -0.4 is 4.74 Å². The van der Waals surface area contributed by atoms with Crippen LogP contribution in [0.4, 0.5) is 0 Å². The zero-order chi connectivity index (χ0) is 20.4. The number of carbonyl (C=O) groups is 2. The van der Waals surface area contributed by atoms with Gasteiger partial charge in [0.25, 0.3) is 0 Å². The number of nitrogens with zero attached hydrogens (tertiary/aromatic N) is 1. The minimum absolute atomic E-state index is 0.0753. The third kappa shape index (κ3) is 4.54. The molecule has 5 atom stereocenters. The van der Waals surface area contributed by atoms with Gasteiger partial charge in [-0.2, -0.15) is 0 Å². The van der Waals surface area contributed by atoms with Crippen molar-refractivity contribution in [3.8, 4) is 5.75 Å². The molecule has 5 unspecified atom stereocenters. The molecule has 1 aromatic rings. The highest BCUT2D eigenvalue weighted by atomic mass is 16.7. The second-order valence-electron chi connectivity index (χ2n) is 7.72. The normalized spacial score (nSPS) is 29.8. The smallest absolute Gasteiger partial charge is 0.334 e. The number of carbonyl (C=O) groups excluding carboxylic acids is 2. The second kappa shape index (κ2) is 8.59. The molecule has 0 radical (unpaired) electrons. The van der Waals surface area contributed by atoms with Crippen molar-refractivity contribution in [2.24, 2.45) is 0 Å². The van der Waals surface area contributed by atoms with Gasteiger partial charge in [0.15, 0.2) is 6.29 Å². The molecule has 2 fully saturated rings. The molecule has 2 aliphatic rings. The summed E-state index contributed by atoms with van der Waals surface area (Å²) in [5, 5.41) is 9.80. The lowest BCUT2D eigenvalue weighted by molar-refractivity contribution is -0.147. The Morgan fingerprint density at radius 3 is 2.39 bits per heavy atom. The predicted molar refractivity (Wildman–Crippen MR) is 102 cm³/mol. The first-order valence-electron chi connectivity index (χ1n) is 9.87. The average Bonchev–Trinajstić information content (AvgIpc) is 3.18. The standard InChI is InChI=1S/C21H29NO6/c1-12(13(2)23)22-18(9-10-19(22)24)21(25)28-17-7-5-16(6-8-17)11-20-26-14(3)15(4)27-20/h5-8,12-15,18,20,23H,9-11H2,1-4H3. The van der Waals surface area contributed by atoms with Gasteiger partial charge in [0, 0.05) is 12.8 Å². The van der Waals surface area contributed by atoms with Gasteiger partial charge in [0.1, 0.15) is 11.8 Å². The molecule has 3 rings (SSSR count). The van der Waals surface area contributed by atoms with Crippen molar-refractivity contribution in [1.29, 1.82) is 0 Å². The molecule has 0 spiro atoms. The van der Waals surface area contributed by atoms with Gasteiger partial charge in [-0.15, -0.1) is 0 Å². The highest BCUT2D eigenvalue weighted by molar-refractivity contribution is 5.89. The molecule has 0 aromatic heterocycles. The lowest BCUT2D eigenvalue weighted by atomic mass is 10.1. The fourth-order valence-corrected chi connectivity index (χ4v) is 3.58. The van der Waals surface area contributed by atoms with Gasteiger partial charge in [0.2, 0.25) is 5.91 Å². The van der Waals surface area contributed by atoms with E-state index in [0.717, 1.165) is 5.56 Å². The van der Waals surface area contributed by atoms with Crippen LogP contribution in [0.2, 0.25) is 0 Å². The van der Waals surface area contributed by atoms with E-state index in [9.17, 15) is 14.7 Å². The minimum atomic E-state index is -0.720. The number of aliphatic hydroxyl groups excluding tert-OH is 1. The monoisotopic (exact) mass is 391 g/mol. The summed E-state index contributed by atoms with van der Waals surface area (Å²) >= 11 is 0. The van der Waals surface area contributed by atoms with Crippen molar-refractivity contribution < 1.29 is 28.9 Å². The Bertz CT molecular complexity index is 693. The Kier molecular flexibility index (Phi) is 6.37. The molecule has 2 heterocycles. The number of ether oxygens (including phenoxy) is 3. The van der Waals surface area contributed by atoms with Gasteiger partial charge in [-0.1, -0.05) is 12.1 Å². The summed E-state index contributed by atoms with van der Waals surface area (Å²) < 4.78 is 17.0. The van der Waals surface area contributed by atoms with Gasteiger partial charge >= 0.3 is 5.97 Å². The van der Waals surface area contributed by atoms with Crippen molar-refractivity contribution >= 4 is 11.9 Å². The van der Waals surface area contributed by atoms with E-state index < -0.39 is 24.2 Å². The quantitative estimate of drug-likeness (QED) is 0.590. The topological polar surface area (TPSA) is 85.3 Å². The number of hydrogen-bond acceptors (Lipinski definition) is 6. The predicted octanol–water partition coefficient (Wildman–Crippen LogP) is 2.04. The second-order valence-corrected chi connectivity index (χ2v) is 7.72. The highest BCUT2D eigenvalue weighted by Gasteiger charge is 2.41.